The van der Waals surface area contributed by atoms with Crippen molar-refractivity contribution in [2.75, 3.05) is 0 Å². The van der Waals surface area contributed by atoms with E-state index in [0.29, 0.717) is 24.4 Å². The summed E-state index contributed by atoms with van der Waals surface area (Å²) in [7, 11) is 0. The first-order chi connectivity index (χ1) is 11.2. The number of halogens is 1. The van der Waals surface area contributed by atoms with Crippen LogP contribution >= 0.6 is 11.6 Å². The molecule has 2 amide bonds. The number of carbonyl (C=O) groups is 2. The zero-order chi connectivity index (χ0) is 18.3. The van der Waals surface area contributed by atoms with Gasteiger partial charge in [0, 0.05) is 23.5 Å². The van der Waals surface area contributed by atoms with Gasteiger partial charge >= 0.3 is 0 Å². The number of benzene rings is 1. The van der Waals surface area contributed by atoms with E-state index in [0.717, 1.165) is 12.0 Å². The van der Waals surface area contributed by atoms with Crippen LogP contribution in [0.3, 0.4) is 0 Å². The van der Waals surface area contributed by atoms with Gasteiger partial charge in [-0.3, -0.25) is 9.59 Å². The molecule has 1 aromatic carbocycles. The topological polar surface area (TPSA) is 49.4 Å². The predicted molar refractivity (Wildman–Crippen MR) is 98.9 cm³/mol. The van der Waals surface area contributed by atoms with Crippen molar-refractivity contribution in [2.45, 2.75) is 72.0 Å². The highest BCUT2D eigenvalue weighted by atomic mass is 35.5. The van der Waals surface area contributed by atoms with E-state index in [-0.39, 0.29) is 17.4 Å². The van der Waals surface area contributed by atoms with Gasteiger partial charge in [-0.2, -0.15) is 0 Å². The minimum Gasteiger partial charge on any atom is -0.350 e. The van der Waals surface area contributed by atoms with Crippen molar-refractivity contribution >= 4 is 23.4 Å². The molecule has 1 N–H and O–H groups in total. The van der Waals surface area contributed by atoms with Crippen molar-refractivity contribution in [3.05, 3.63) is 34.9 Å². The van der Waals surface area contributed by atoms with Gasteiger partial charge in [0.05, 0.1) is 0 Å². The molecule has 1 aromatic rings. The van der Waals surface area contributed by atoms with Crippen molar-refractivity contribution in [3.63, 3.8) is 0 Å². The molecule has 24 heavy (non-hydrogen) atoms. The van der Waals surface area contributed by atoms with Crippen molar-refractivity contribution in [2.24, 2.45) is 0 Å². The number of rotatable bonds is 7. The van der Waals surface area contributed by atoms with Crippen LogP contribution in [0, 0.1) is 0 Å². The van der Waals surface area contributed by atoms with Gasteiger partial charge in [-0.05, 0) is 45.2 Å². The molecule has 0 heterocycles. The maximum atomic E-state index is 12.7. The summed E-state index contributed by atoms with van der Waals surface area (Å²) < 4.78 is 0. The van der Waals surface area contributed by atoms with Gasteiger partial charge in [0.1, 0.15) is 6.04 Å². The van der Waals surface area contributed by atoms with E-state index in [2.05, 4.69) is 5.32 Å². The fourth-order valence-corrected chi connectivity index (χ4v) is 2.74. The Kier molecular flexibility index (Phi) is 7.74. The lowest BCUT2D eigenvalue weighted by molar-refractivity contribution is -0.142. The first-order valence-corrected chi connectivity index (χ1v) is 8.92. The third-order valence-electron chi connectivity index (χ3n) is 3.65. The summed E-state index contributed by atoms with van der Waals surface area (Å²) in [6.07, 6.45) is 1.72. The SMILES string of the molecule is CCCC(=O)N(Cc1ccccc1Cl)[C@H](CC)C(=O)NC(C)(C)C. The third-order valence-corrected chi connectivity index (χ3v) is 4.02. The van der Waals surface area contributed by atoms with E-state index in [9.17, 15) is 9.59 Å². The Morgan fingerprint density at radius 1 is 1.21 bits per heavy atom. The lowest BCUT2D eigenvalue weighted by atomic mass is 10.0. The van der Waals surface area contributed by atoms with E-state index in [4.69, 9.17) is 11.6 Å². The van der Waals surface area contributed by atoms with Crippen LogP contribution in [0.4, 0.5) is 0 Å². The maximum absolute atomic E-state index is 12.7. The fourth-order valence-electron chi connectivity index (χ4n) is 2.54. The third kappa shape index (κ3) is 6.16. The molecule has 0 saturated heterocycles. The number of hydrogen-bond donors (Lipinski definition) is 1. The Labute approximate surface area is 150 Å². The molecule has 0 aliphatic heterocycles. The monoisotopic (exact) mass is 352 g/mol. The Bertz CT molecular complexity index is 567. The Morgan fingerprint density at radius 2 is 1.83 bits per heavy atom. The van der Waals surface area contributed by atoms with Crippen LogP contribution in [0.15, 0.2) is 24.3 Å². The van der Waals surface area contributed by atoms with Gasteiger partial charge in [0.2, 0.25) is 11.8 Å². The molecule has 5 heteroatoms. The summed E-state index contributed by atoms with van der Waals surface area (Å²) >= 11 is 6.25. The van der Waals surface area contributed by atoms with E-state index >= 15 is 0 Å². The van der Waals surface area contributed by atoms with Crippen molar-refractivity contribution in [3.8, 4) is 0 Å². The first kappa shape index (κ1) is 20.5. The first-order valence-electron chi connectivity index (χ1n) is 8.54. The Morgan fingerprint density at radius 3 is 2.33 bits per heavy atom. The van der Waals surface area contributed by atoms with Crippen molar-refractivity contribution in [1.82, 2.24) is 10.2 Å². The van der Waals surface area contributed by atoms with Gasteiger partial charge in [-0.25, -0.2) is 0 Å². The molecule has 0 fully saturated rings. The highest BCUT2D eigenvalue weighted by Gasteiger charge is 2.30. The molecule has 0 aliphatic carbocycles. The molecule has 1 rings (SSSR count). The zero-order valence-corrected chi connectivity index (χ0v) is 16.1. The summed E-state index contributed by atoms with van der Waals surface area (Å²) in [6, 6.07) is 6.94. The van der Waals surface area contributed by atoms with E-state index in [1.54, 1.807) is 11.0 Å². The minimum absolute atomic E-state index is 0.0201. The van der Waals surface area contributed by atoms with Crippen LogP contribution in [0.5, 0.6) is 0 Å². The van der Waals surface area contributed by atoms with Gasteiger partial charge in [0.15, 0.2) is 0 Å². The van der Waals surface area contributed by atoms with Crippen LogP contribution in [0.1, 0.15) is 59.4 Å². The number of carbonyl (C=O) groups excluding carboxylic acids is 2. The quantitative estimate of drug-likeness (QED) is 0.800. The second-order valence-electron chi connectivity index (χ2n) is 7.03. The van der Waals surface area contributed by atoms with Crippen LogP contribution in [-0.4, -0.2) is 28.3 Å². The average Bonchev–Trinajstić information content (AvgIpc) is 2.47. The van der Waals surface area contributed by atoms with Crippen LogP contribution in [-0.2, 0) is 16.1 Å². The molecule has 0 bridgehead atoms. The molecule has 1 atom stereocenters. The molecule has 0 radical (unpaired) electrons. The number of nitrogens with zero attached hydrogens (tertiary/aromatic N) is 1. The molecule has 0 aliphatic rings. The van der Waals surface area contributed by atoms with E-state index in [1.165, 1.54) is 0 Å². The zero-order valence-electron chi connectivity index (χ0n) is 15.4. The number of hydrogen-bond acceptors (Lipinski definition) is 2. The average molecular weight is 353 g/mol. The van der Waals surface area contributed by atoms with Gasteiger partial charge < -0.3 is 10.2 Å². The molecular formula is C19H29ClN2O2. The number of amides is 2. The summed E-state index contributed by atoms with van der Waals surface area (Å²) in [5.74, 6) is -0.144. The van der Waals surface area contributed by atoms with Crippen LogP contribution < -0.4 is 5.32 Å². The van der Waals surface area contributed by atoms with Crippen LogP contribution in [0.25, 0.3) is 0 Å². The fraction of sp³-hybridized carbons (Fsp3) is 0.579. The minimum atomic E-state index is -0.500. The van der Waals surface area contributed by atoms with Gasteiger partial charge in [-0.15, -0.1) is 0 Å². The summed E-state index contributed by atoms with van der Waals surface area (Å²) in [5.41, 5.74) is 0.514. The lowest BCUT2D eigenvalue weighted by Crippen LogP contribution is -2.53. The summed E-state index contributed by atoms with van der Waals surface area (Å²) in [6.45, 7) is 10.0. The smallest absolute Gasteiger partial charge is 0.243 e. The van der Waals surface area contributed by atoms with Gasteiger partial charge in [-0.1, -0.05) is 43.6 Å². The standard InChI is InChI=1S/C19H29ClN2O2/c1-6-10-17(23)22(13-14-11-8-9-12-15(14)20)16(7-2)18(24)21-19(3,4)5/h8-9,11-12,16H,6-7,10,13H2,1-5H3,(H,21,24)/t16-/m1/s1. The molecule has 0 spiro atoms. The van der Waals surface area contributed by atoms with E-state index in [1.807, 2.05) is 52.8 Å². The summed E-state index contributed by atoms with van der Waals surface area (Å²) in [5, 5.41) is 3.59. The molecular weight excluding hydrogens is 324 g/mol. The second kappa shape index (κ2) is 9.07. The van der Waals surface area contributed by atoms with Gasteiger partial charge in [0.25, 0.3) is 0 Å². The number of nitrogens with one attached hydrogen (secondary N) is 1. The maximum Gasteiger partial charge on any atom is 0.243 e. The van der Waals surface area contributed by atoms with Crippen molar-refractivity contribution in [1.29, 1.82) is 0 Å². The highest BCUT2D eigenvalue weighted by Crippen LogP contribution is 2.20. The Balaban J connectivity index is 3.08. The molecule has 134 valence electrons. The molecule has 0 aromatic heterocycles. The molecule has 0 saturated carbocycles. The summed E-state index contributed by atoms with van der Waals surface area (Å²) in [4.78, 5) is 27.0. The normalized spacial score (nSPS) is 12.6. The Hall–Kier alpha value is -1.55. The molecule has 4 nitrogen and oxygen atoms in total. The predicted octanol–water partition coefficient (Wildman–Crippen LogP) is 4.16. The lowest BCUT2D eigenvalue weighted by Gasteiger charge is -2.33. The largest absolute Gasteiger partial charge is 0.350 e. The second-order valence-corrected chi connectivity index (χ2v) is 7.43. The molecule has 0 unspecified atom stereocenters. The highest BCUT2D eigenvalue weighted by molar-refractivity contribution is 6.31. The van der Waals surface area contributed by atoms with E-state index < -0.39 is 6.04 Å². The van der Waals surface area contributed by atoms with Crippen molar-refractivity contribution < 1.29 is 9.59 Å². The van der Waals surface area contributed by atoms with Crippen LogP contribution in [0.2, 0.25) is 5.02 Å².